The molecule has 0 spiro atoms. The topological polar surface area (TPSA) is 47.6 Å². The number of halogens is 4. The van der Waals surface area contributed by atoms with Crippen molar-refractivity contribution >= 4 is 34.8 Å². The van der Waals surface area contributed by atoms with E-state index in [-0.39, 0.29) is 10.8 Å². The van der Waals surface area contributed by atoms with Gasteiger partial charge in [0.05, 0.1) is 5.02 Å². The van der Waals surface area contributed by atoms with Crippen LogP contribution in [0.4, 0.5) is 14.5 Å². The number of amides is 1. The number of hydrogen-bond acceptors (Lipinski definition) is 3. The average Bonchev–Trinajstić information content (AvgIpc) is 2.52. The van der Waals surface area contributed by atoms with Gasteiger partial charge in [-0.25, -0.2) is 0 Å². The quantitative estimate of drug-likeness (QED) is 0.772. The van der Waals surface area contributed by atoms with Crippen LogP contribution in [0.1, 0.15) is 6.92 Å². The van der Waals surface area contributed by atoms with Crippen LogP contribution < -0.4 is 14.8 Å². The number of carbonyl (C=O) groups excluding carboxylic acids is 1. The predicted molar refractivity (Wildman–Crippen MR) is 88.3 cm³/mol. The van der Waals surface area contributed by atoms with Gasteiger partial charge in [0.15, 0.2) is 6.10 Å². The van der Waals surface area contributed by atoms with E-state index in [1.165, 1.54) is 18.2 Å². The molecular formula is C16H13Cl2F2NO3. The van der Waals surface area contributed by atoms with Gasteiger partial charge in [0, 0.05) is 10.7 Å². The molecule has 8 heteroatoms. The highest BCUT2D eigenvalue weighted by molar-refractivity contribution is 6.32. The average molecular weight is 376 g/mol. The summed E-state index contributed by atoms with van der Waals surface area (Å²) in [4.78, 5) is 12.1. The molecule has 0 aliphatic carbocycles. The van der Waals surface area contributed by atoms with Gasteiger partial charge in [-0.3, -0.25) is 4.79 Å². The first-order valence-corrected chi connectivity index (χ1v) is 7.58. The number of hydrogen-bond donors (Lipinski definition) is 1. The highest BCUT2D eigenvalue weighted by atomic mass is 35.5. The minimum atomic E-state index is -2.98. The highest BCUT2D eigenvalue weighted by Crippen LogP contribution is 2.29. The minimum Gasteiger partial charge on any atom is -0.481 e. The maximum absolute atomic E-state index is 12.2. The fourth-order valence-electron chi connectivity index (χ4n) is 1.78. The van der Waals surface area contributed by atoms with Crippen molar-refractivity contribution in [3.8, 4) is 11.5 Å². The molecular weight excluding hydrogens is 363 g/mol. The smallest absolute Gasteiger partial charge is 0.387 e. The molecule has 0 saturated heterocycles. The van der Waals surface area contributed by atoms with Crippen molar-refractivity contribution in [2.75, 3.05) is 5.32 Å². The molecule has 0 heterocycles. The lowest BCUT2D eigenvalue weighted by molar-refractivity contribution is -0.122. The summed E-state index contributed by atoms with van der Waals surface area (Å²) in [5.41, 5.74) is 0.332. The molecule has 0 bridgehead atoms. The van der Waals surface area contributed by atoms with Crippen LogP contribution in [0.5, 0.6) is 11.5 Å². The summed E-state index contributed by atoms with van der Waals surface area (Å²) in [5, 5.41) is 3.09. The van der Waals surface area contributed by atoms with Crippen LogP contribution in [0.25, 0.3) is 0 Å². The molecule has 0 unspecified atom stereocenters. The van der Waals surface area contributed by atoms with E-state index in [1.807, 2.05) is 0 Å². The van der Waals surface area contributed by atoms with Crippen molar-refractivity contribution in [2.24, 2.45) is 0 Å². The second-order valence-corrected chi connectivity index (χ2v) is 5.57. The van der Waals surface area contributed by atoms with E-state index < -0.39 is 18.6 Å². The molecule has 4 nitrogen and oxygen atoms in total. The Kier molecular flexibility index (Phi) is 6.23. The van der Waals surface area contributed by atoms with E-state index in [1.54, 1.807) is 31.2 Å². The van der Waals surface area contributed by atoms with Crippen molar-refractivity contribution in [1.29, 1.82) is 0 Å². The van der Waals surface area contributed by atoms with Crippen LogP contribution in [0.2, 0.25) is 10.0 Å². The number of nitrogens with one attached hydrogen (secondary N) is 1. The molecule has 0 aliphatic rings. The number of ether oxygens (including phenoxy) is 2. The van der Waals surface area contributed by atoms with Crippen molar-refractivity contribution in [1.82, 2.24) is 0 Å². The van der Waals surface area contributed by atoms with Crippen LogP contribution in [0.15, 0.2) is 42.5 Å². The van der Waals surface area contributed by atoms with E-state index in [0.29, 0.717) is 16.5 Å². The Morgan fingerprint density at radius 3 is 2.33 bits per heavy atom. The largest absolute Gasteiger partial charge is 0.481 e. The summed E-state index contributed by atoms with van der Waals surface area (Å²) in [6, 6.07) is 10.5. The van der Waals surface area contributed by atoms with Crippen molar-refractivity contribution in [3.63, 3.8) is 0 Å². The Hall–Kier alpha value is -2.05. The second-order valence-electron chi connectivity index (χ2n) is 4.73. The predicted octanol–water partition coefficient (Wildman–Crippen LogP) is 5.00. The molecule has 0 aliphatic heterocycles. The third-order valence-electron chi connectivity index (χ3n) is 2.91. The molecule has 2 aromatic carbocycles. The maximum atomic E-state index is 12.2. The van der Waals surface area contributed by atoms with Gasteiger partial charge < -0.3 is 14.8 Å². The van der Waals surface area contributed by atoms with Crippen LogP contribution >= 0.6 is 23.2 Å². The van der Waals surface area contributed by atoms with Gasteiger partial charge in [-0.15, -0.1) is 0 Å². The molecule has 0 fully saturated rings. The standard InChI is InChI=1S/C16H13Cl2F2NO3/c1-9(23-12-5-2-10(17)3-6-12)15(22)21-11-4-7-14(13(18)8-11)24-16(19)20/h2-9,16H,1H3,(H,21,22)/t9-/m0/s1. The Labute approximate surface area is 147 Å². The number of benzene rings is 2. The molecule has 1 amide bonds. The van der Waals surface area contributed by atoms with Gasteiger partial charge in [0.2, 0.25) is 0 Å². The number of alkyl halides is 2. The lowest BCUT2D eigenvalue weighted by atomic mass is 10.2. The fraction of sp³-hybridized carbons (Fsp3) is 0.188. The third-order valence-corrected chi connectivity index (χ3v) is 3.46. The first kappa shape index (κ1) is 18.3. The zero-order valence-electron chi connectivity index (χ0n) is 12.4. The molecule has 2 rings (SSSR count). The van der Waals surface area contributed by atoms with Gasteiger partial charge in [-0.1, -0.05) is 23.2 Å². The monoisotopic (exact) mass is 375 g/mol. The summed E-state index contributed by atoms with van der Waals surface area (Å²) >= 11 is 11.6. The summed E-state index contributed by atoms with van der Waals surface area (Å²) in [5.74, 6) is -0.112. The second kappa shape index (κ2) is 8.17. The van der Waals surface area contributed by atoms with Crippen molar-refractivity contribution in [2.45, 2.75) is 19.6 Å². The Balaban J connectivity index is 1.98. The Bertz CT molecular complexity index is 711. The Morgan fingerprint density at radius 1 is 1.08 bits per heavy atom. The lowest BCUT2D eigenvalue weighted by Crippen LogP contribution is -2.30. The normalized spacial score (nSPS) is 11.9. The summed E-state index contributed by atoms with van der Waals surface area (Å²) in [7, 11) is 0. The molecule has 1 N–H and O–H groups in total. The lowest BCUT2D eigenvalue weighted by Gasteiger charge is -2.15. The first-order valence-electron chi connectivity index (χ1n) is 6.82. The zero-order valence-corrected chi connectivity index (χ0v) is 13.9. The van der Waals surface area contributed by atoms with Gasteiger partial charge in [0.1, 0.15) is 11.5 Å². The first-order chi connectivity index (χ1) is 11.3. The number of rotatable bonds is 6. The highest BCUT2D eigenvalue weighted by Gasteiger charge is 2.16. The van der Waals surface area contributed by atoms with Gasteiger partial charge in [0.25, 0.3) is 5.91 Å². The van der Waals surface area contributed by atoms with Crippen LogP contribution in [0, 0.1) is 0 Å². The van der Waals surface area contributed by atoms with Crippen LogP contribution in [0.3, 0.4) is 0 Å². The van der Waals surface area contributed by atoms with Gasteiger partial charge in [-0.2, -0.15) is 8.78 Å². The summed E-state index contributed by atoms with van der Waals surface area (Å²) in [6.45, 7) is -1.41. The van der Waals surface area contributed by atoms with Gasteiger partial charge >= 0.3 is 6.61 Å². The fourth-order valence-corrected chi connectivity index (χ4v) is 2.14. The number of carbonyl (C=O) groups is 1. The summed E-state index contributed by atoms with van der Waals surface area (Å²) in [6.07, 6.45) is -0.790. The van der Waals surface area contributed by atoms with Crippen LogP contribution in [-0.2, 0) is 4.79 Å². The zero-order chi connectivity index (χ0) is 17.7. The Morgan fingerprint density at radius 2 is 1.75 bits per heavy atom. The van der Waals surface area contributed by atoms with Crippen molar-refractivity contribution < 1.29 is 23.0 Å². The maximum Gasteiger partial charge on any atom is 0.387 e. The molecule has 1 atom stereocenters. The molecule has 2 aromatic rings. The molecule has 0 saturated carbocycles. The van der Waals surface area contributed by atoms with E-state index in [0.717, 1.165) is 0 Å². The third kappa shape index (κ3) is 5.25. The number of anilines is 1. The van der Waals surface area contributed by atoms with Crippen molar-refractivity contribution in [3.05, 3.63) is 52.5 Å². The molecule has 128 valence electrons. The van der Waals surface area contributed by atoms with E-state index >= 15 is 0 Å². The minimum absolute atomic E-state index is 0.0422. The summed E-state index contributed by atoms with van der Waals surface area (Å²) < 4.78 is 34.1. The van der Waals surface area contributed by atoms with E-state index in [4.69, 9.17) is 27.9 Å². The van der Waals surface area contributed by atoms with Crippen LogP contribution in [-0.4, -0.2) is 18.6 Å². The van der Waals surface area contributed by atoms with E-state index in [9.17, 15) is 13.6 Å². The molecule has 0 radical (unpaired) electrons. The molecule has 24 heavy (non-hydrogen) atoms. The van der Waals surface area contributed by atoms with Gasteiger partial charge in [-0.05, 0) is 49.4 Å². The van der Waals surface area contributed by atoms with E-state index in [2.05, 4.69) is 10.1 Å². The molecule has 0 aromatic heterocycles. The SMILES string of the molecule is C[C@H](Oc1ccc(Cl)cc1)C(=O)Nc1ccc(OC(F)F)c(Cl)c1.